The van der Waals surface area contributed by atoms with E-state index in [1.54, 1.807) is 36.4 Å². The minimum absolute atomic E-state index is 0.238. The molecule has 0 saturated carbocycles. The third-order valence-corrected chi connectivity index (χ3v) is 8.06. The summed E-state index contributed by atoms with van der Waals surface area (Å²) in [5.41, 5.74) is 5.94. The fourth-order valence-electron chi connectivity index (χ4n) is 2.94. The number of hydrogen-bond donors (Lipinski definition) is 5. The molecular formula is C22H34ClN5O3S2. The summed E-state index contributed by atoms with van der Waals surface area (Å²) >= 11 is 6.98. The minimum atomic E-state index is -3.55. The number of nitrogens with one attached hydrogen (secondary N) is 4. The van der Waals surface area contributed by atoms with E-state index < -0.39 is 10.0 Å². The third kappa shape index (κ3) is 11.0. The molecule has 0 aliphatic rings. The lowest BCUT2D eigenvalue weighted by molar-refractivity contribution is 0.0951. The van der Waals surface area contributed by atoms with Crippen molar-refractivity contribution in [1.29, 1.82) is 0 Å². The zero-order valence-corrected chi connectivity index (χ0v) is 21.1. The van der Waals surface area contributed by atoms with Crippen molar-refractivity contribution in [3.05, 3.63) is 51.9 Å². The van der Waals surface area contributed by atoms with Crippen LogP contribution in [-0.2, 0) is 16.6 Å². The first-order valence-corrected chi connectivity index (χ1v) is 13.8. The van der Waals surface area contributed by atoms with E-state index in [0.717, 1.165) is 68.2 Å². The van der Waals surface area contributed by atoms with Crippen molar-refractivity contribution in [1.82, 2.24) is 20.7 Å². The van der Waals surface area contributed by atoms with Gasteiger partial charge in [-0.15, -0.1) is 11.3 Å². The van der Waals surface area contributed by atoms with Crippen LogP contribution in [0.5, 0.6) is 0 Å². The van der Waals surface area contributed by atoms with Gasteiger partial charge in [0.15, 0.2) is 0 Å². The van der Waals surface area contributed by atoms with Crippen LogP contribution in [0, 0.1) is 0 Å². The van der Waals surface area contributed by atoms with Gasteiger partial charge in [-0.1, -0.05) is 11.6 Å². The van der Waals surface area contributed by atoms with E-state index in [1.807, 2.05) is 0 Å². The topological polar surface area (TPSA) is 125 Å². The second-order valence-electron chi connectivity index (χ2n) is 7.51. The van der Waals surface area contributed by atoms with Crippen molar-refractivity contribution >= 4 is 38.9 Å². The largest absolute Gasteiger partial charge is 0.347 e. The highest BCUT2D eigenvalue weighted by Gasteiger charge is 2.16. The molecule has 11 heteroatoms. The Balaban J connectivity index is 1.60. The van der Waals surface area contributed by atoms with Gasteiger partial charge in [-0.25, -0.2) is 13.1 Å². The van der Waals surface area contributed by atoms with Gasteiger partial charge in [0.05, 0.1) is 6.54 Å². The Morgan fingerprint density at radius 2 is 1.52 bits per heavy atom. The molecule has 184 valence electrons. The Morgan fingerprint density at radius 1 is 0.879 bits per heavy atom. The maximum atomic E-state index is 12.5. The summed E-state index contributed by atoms with van der Waals surface area (Å²) in [6.07, 6.45) is 3.89. The van der Waals surface area contributed by atoms with Crippen LogP contribution < -0.4 is 26.4 Å². The normalized spacial score (nSPS) is 11.6. The van der Waals surface area contributed by atoms with Gasteiger partial charge in [-0.05, 0) is 94.8 Å². The predicted molar refractivity (Wildman–Crippen MR) is 135 cm³/mol. The third-order valence-electron chi connectivity index (χ3n) is 4.77. The van der Waals surface area contributed by atoms with E-state index in [2.05, 4.69) is 20.7 Å². The number of benzene rings is 1. The van der Waals surface area contributed by atoms with Gasteiger partial charge in [0.1, 0.15) is 4.21 Å². The highest BCUT2D eigenvalue weighted by atomic mass is 35.5. The number of sulfonamides is 1. The molecule has 1 aromatic carbocycles. The van der Waals surface area contributed by atoms with Gasteiger partial charge in [0.2, 0.25) is 10.0 Å². The molecular weight excluding hydrogens is 482 g/mol. The fourth-order valence-corrected chi connectivity index (χ4v) is 5.48. The lowest BCUT2D eigenvalue weighted by atomic mass is 10.2. The molecule has 2 aromatic rings. The molecule has 2 rings (SSSR count). The molecule has 6 N–H and O–H groups in total. The van der Waals surface area contributed by atoms with Crippen LogP contribution in [0.1, 0.15) is 40.9 Å². The molecule has 0 spiro atoms. The summed E-state index contributed by atoms with van der Waals surface area (Å²) in [5.74, 6) is -0.238. The van der Waals surface area contributed by atoms with Crippen molar-refractivity contribution in [2.45, 2.75) is 36.4 Å². The molecule has 0 aliphatic heterocycles. The maximum absolute atomic E-state index is 12.5. The van der Waals surface area contributed by atoms with Crippen LogP contribution in [0.15, 0.2) is 40.6 Å². The fraction of sp³-hybridized carbons (Fsp3) is 0.500. The number of unbranched alkanes of at least 4 members (excludes halogenated alkanes) is 1. The molecule has 8 nitrogen and oxygen atoms in total. The quantitative estimate of drug-likeness (QED) is 0.206. The summed E-state index contributed by atoms with van der Waals surface area (Å²) in [6.45, 7) is 4.99. The second kappa shape index (κ2) is 15.4. The van der Waals surface area contributed by atoms with Gasteiger partial charge in [-0.3, -0.25) is 4.79 Å². The zero-order chi connectivity index (χ0) is 23.9. The summed E-state index contributed by atoms with van der Waals surface area (Å²) in [4.78, 5) is 12.9. The SMILES string of the molecule is NCCCNCCCCNCCCNS(=O)(=O)c1ccc(CNC(=O)c2ccc(Cl)cc2)s1. The molecule has 1 amide bonds. The smallest absolute Gasteiger partial charge is 0.251 e. The van der Waals surface area contributed by atoms with Gasteiger partial charge < -0.3 is 21.7 Å². The molecule has 0 radical (unpaired) electrons. The first-order valence-electron chi connectivity index (χ1n) is 11.2. The Labute approximate surface area is 205 Å². The first-order chi connectivity index (χ1) is 15.9. The van der Waals surface area contributed by atoms with Gasteiger partial charge >= 0.3 is 0 Å². The minimum Gasteiger partial charge on any atom is -0.347 e. The van der Waals surface area contributed by atoms with Crippen LogP contribution in [0.4, 0.5) is 0 Å². The average Bonchev–Trinajstić information content (AvgIpc) is 3.29. The second-order valence-corrected chi connectivity index (χ2v) is 11.1. The molecule has 0 fully saturated rings. The van der Waals surface area contributed by atoms with Crippen molar-refractivity contribution in [3.8, 4) is 0 Å². The van der Waals surface area contributed by atoms with E-state index >= 15 is 0 Å². The van der Waals surface area contributed by atoms with Crippen molar-refractivity contribution in [2.75, 3.05) is 39.3 Å². The highest BCUT2D eigenvalue weighted by Crippen LogP contribution is 2.21. The van der Waals surface area contributed by atoms with Crippen molar-refractivity contribution in [2.24, 2.45) is 5.73 Å². The molecule has 0 unspecified atom stereocenters. The van der Waals surface area contributed by atoms with Crippen LogP contribution in [0.3, 0.4) is 0 Å². The average molecular weight is 516 g/mol. The molecule has 0 bridgehead atoms. The van der Waals surface area contributed by atoms with Crippen molar-refractivity contribution < 1.29 is 13.2 Å². The molecule has 33 heavy (non-hydrogen) atoms. The molecule has 0 saturated heterocycles. The Bertz CT molecular complexity index is 936. The summed E-state index contributed by atoms with van der Waals surface area (Å²) in [7, 11) is -3.55. The van der Waals surface area contributed by atoms with E-state index in [9.17, 15) is 13.2 Å². The van der Waals surface area contributed by atoms with E-state index in [-0.39, 0.29) is 16.7 Å². The molecule has 1 heterocycles. The lowest BCUT2D eigenvalue weighted by Crippen LogP contribution is -2.27. The number of nitrogens with two attached hydrogens (primary N) is 1. The lowest BCUT2D eigenvalue weighted by Gasteiger charge is -2.07. The van der Waals surface area contributed by atoms with Crippen LogP contribution >= 0.6 is 22.9 Å². The van der Waals surface area contributed by atoms with E-state index in [0.29, 0.717) is 23.6 Å². The summed E-state index contributed by atoms with van der Waals surface area (Å²) < 4.78 is 27.8. The molecule has 0 atom stereocenters. The number of carbonyl (C=O) groups is 1. The van der Waals surface area contributed by atoms with E-state index in [4.69, 9.17) is 17.3 Å². The van der Waals surface area contributed by atoms with Crippen molar-refractivity contribution in [3.63, 3.8) is 0 Å². The Hall–Kier alpha value is -1.53. The van der Waals surface area contributed by atoms with Gasteiger partial charge in [0, 0.05) is 22.0 Å². The molecule has 0 aliphatic carbocycles. The van der Waals surface area contributed by atoms with Crippen LogP contribution in [0.25, 0.3) is 0 Å². The summed E-state index contributed by atoms with van der Waals surface area (Å²) in [5, 5.41) is 10.0. The number of carbonyl (C=O) groups excluding carboxylic acids is 1. The van der Waals surface area contributed by atoms with Gasteiger partial charge in [-0.2, -0.15) is 0 Å². The predicted octanol–water partition coefficient (Wildman–Crippen LogP) is 2.31. The summed E-state index contributed by atoms with van der Waals surface area (Å²) in [6, 6.07) is 9.87. The van der Waals surface area contributed by atoms with Gasteiger partial charge in [0.25, 0.3) is 5.91 Å². The Kier molecular flexibility index (Phi) is 12.9. The standard InChI is InChI=1S/C22H34ClN5O3S2/c23-19-7-5-18(6-8-19)22(29)27-17-20-9-10-21(32-20)33(30,31)28-16-4-15-26-13-2-1-12-25-14-3-11-24/h5-10,25-26,28H,1-4,11-17,24H2,(H,27,29). The first kappa shape index (κ1) is 27.7. The van der Waals surface area contributed by atoms with E-state index in [1.165, 1.54) is 0 Å². The number of rotatable bonds is 17. The number of thiophene rings is 1. The monoisotopic (exact) mass is 515 g/mol. The van der Waals surface area contributed by atoms with Crippen LogP contribution in [-0.4, -0.2) is 53.6 Å². The number of halogens is 1. The maximum Gasteiger partial charge on any atom is 0.251 e. The Morgan fingerprint density at radius 3 is 2.18 bits per heavy atom. The highest BCUT2D eigenvalue weighted by molar-refractivity contribution is 7.91. The number of amides is 1. The zero-order valence-electron chi connectivity index (χ0n) is 18.7. The molecule has 1 aromatic heterocycles. The van der Waals surface area contributed by atoms with Crippen LogP contribution in [0.2, 0.25) is 5.02 Å². The number of hydrogen-bond acceptors (Lipinski definition) is 7.